The van der Waals surface area contributed by atoms with Crippen LogP contribution in [0, 0.1) is 5.82 Å². The Kier molecular flexibility index (Phi) is 3.54. The molecule has 1 heterocycles. The number of aryl methyl sites for hydroxylation is 2. The Labute approximate surface area is 100 Å². The van der Waals surface area contributed by atoms with E-state index in [1.54, 1.807) is 24.7 Å². The third kappa shape index (κ3) is 2.91. The maximum Gasteiger partial charge on any atom is 0.123 e. The number of rotatable bonds is 4. The molecule has 17 heavy (non-hydrogen) atoms. The number of nitrogens with two attached hydrogens (primary N) is 1. The average molecular weight is 233 g/mol. The van der Waals surface area contributed by atoms with Gasteiger partial charge in [-0.2, -0.15) is 0 Å². The largest absolute Gasteiger partial charge is 0.333 e. The summed E-state index contributed by atoms with van der Waals surface area (Å²) in [4.78, 5) is 4.09. The van der Waals surface area contributed by atoms with E-state index in [0.29, 0.717) is 0 Å². The summed E-state index contributed by atoms with van der Waals surface area (Å²) in [5, 5.41) is 0. The molecule has 0 aliphatic heterocycles. The minimum atomic E-state index is -0.201. The number of benzene rings is 1. The average Bonchev–Trinajstić information content (AvgIpc) is 2.76. The van der Waals surface area contributed by atoms with Crippen LogP contribution >= 0.6 is 0 Å². The second-order valence-electron chi connectivity index (χ2n) is 4.18. The summed E-state index contributed by atoms with van der Waals surface area (Å²) in [5.74, 6) is -0.201. The number of imidazole rings is 1. The smallest absolute Gasteiger partial charge is 0.123 e. The molecule has 0 amide bonds. The first-order valence-electron chi connectivity index (χ1n) is 5.67. The lowest BCUT2D eigenvalue weighted by Crippen LogP contribution is -2.12. The molecule has 0 radical (unpaired) electrons. The molecule has 2 rings (SSSR count). The summed E-state index contributed by atoms with van der Waals surface area (Å²) in [6.45, 7) is 2.74. The third-order valence-corrected chi connectivity index (χ3v) is 2.77. The highest BCUT2D eigenvalue weighted by atomic mass is 19.1. The van der Waals surface area contributed by atoms with Crippen LogP contribution in [0.1, 0.15) is 24.2 Å². The first-order chi connectivity index (χ1) is 8.16. The van der Waals surface area contributed by atoms with Crippen molar-refractivity contribution < 1.29 is 4.39 Å². The molecule has 0 spiro atoms. The molecule has 0 bridgehead atoms. The highest BCUT2D eigenvalue weighted by Gasteiger charge is 2.06. The Bertz CT molecular complexity index is 474. The SMILES string of the molecule is C[C@H](N)c1cncn1CCc1ccc(F)cc1. The topological polar surface area (TPSA) is 43.8 Å². The van der Waals surface area contributed by atoms with E-state index in [4.69, 9.17) is 5.73 Å². The zero-order valence-electron chi connectivity index (χ0n) is 9.81. The van der Waals surface area contributed by atoms with Crippen LogP contribution < -0.4 is 5.73 Å². The molecule has 0 unspecified atom stereocenters. The standard InChI is InChI=1S/C13H16FN3/c1-10(15)13-8-16-9-17(13)7-6-11-2-4-12(14)5-3-11/h2-5,8-10H,6-7,15H2,1H3/t10-/m0/s1. The lowest BCUT2D eigenvalue weighted by Gasteiger charge is -2.10. The van der Waals surface area contributed by atoms with Gasteiger partial charge in [0.05, 0.1) is 12.0 Å². The molecule has 1 aromatic carbocycles. The van der Waals surface area contributed by atoms with Crippen molar-refractivity contribution in [2.45, 2.75) is 25.9 Å². The number of nitrogens with zero attached hydrogens (tertiary/aromatic N) is 2. The van der Waals surface area contributed by atoms with Crippen molar-refractivity contribution in [3.63, 3.8) is 0 Å². The number of halogens is 1. The highest BCUT2D eigenvalue weighted by molar-refractivity contribution is 5.16. The third-order valence-electron chi connectivity index (χ3n) is 2.77. The molecular weight excluding hydrogens is 217 g/mol. The summed E-state index contributed by atoms with van der Waals surface area (Å²) >= 11 is 0. The lowest BCUT2D eigenvalue weighted by molar-refractivity contribution is 0.616. The van der Waals surface area contributed by atoms with Crippen molar-refractivity contribution in [3.8, 4) is 0 Å². The van der Waals surface area contributed by atoms with Gasteiger partial charge in [-0.05, 0) is 31.0 Å². The van der Waals surface area contributed by atoms with Crippen LogP contribution in [0.5, 0.6) is 0 Å². The maximum absolute atomic E-state index is 12.7. The number of hydrogen-bond donors (Lipinski definition) is 1. The first-order valence-corrected chi connectivity index (χ1v) is 5.67. The van der Waals surface area contributed by atoms with E-state index in [2.05, 4.69) is 4.98 Å². The second-order valence-corrected chi connectivity index (χ2v) is 4.18. The molecule has 0 aliphatic carbocycles. The van der Waals surface area contributed by atoms with Gasteiger partial charge in [-0.3, -0.25) is 0 Å². The van der Waals surface area contributed by atoms with Crippen LogP contribution in [0.3, 0.4) is 0 Å². The summed E-state index contributed by atoms with van der Waals surface area (Å²) in [6.07, 6.45) is 4.41. The molecule has 1 aromatic heterocycles. The van der Waals surface area contributed by atoms with E-state index >= 15 is 0 Å². The Morgan fingerprint density at radius 1 is 1.35 bits per heavy atom. The van der Waals surface area contributed by atoms with E-state index in [1.807, 2.05) is 11.5 Å². The molecule has 3 nitrogen and oxygen atoms in total. The Morgan fingerprint density at radius 3 is 2.71 bits per heavy atom. The van der Waals surface area contributed by atoms with Gasteiger partial charge in [0.25, 0.3) is 0 Å². The van der Waals surface area contributed by atoms with Crippen molar-refractivity contribution in [1.29, 1.82) is 0 Å². The van der Waals surface area contributed by atoms with E-state index in [1.165, 1.54) is 12.1 Å². The zero-order chi connectivity index (χ0) is 12.3. The van der Waals surface area contributed by atoms with E-state index < -0.39 is 0 Å². The van der Waals surface area contributed by atoms with Gasteiger partial charge in [-0.25, -0.2) is 9.37 Å². The minimum absolute atomic E-state index is 0.0225. The predicted molar refractivity (Wildman–Crippen MR) is 64.9 cm³/mol. The van der Waals surface area contributed by atoms with Gasteiger partial charge in [-0.1, -0.05) is 12.1 Å². The van der Waals surface area contributed by atoms with E-state index in [-0.39, 0.29) is 11.9 Å². The summed E-state index contributed by atoms with van der Waals surface area (Å²) in [6, 6.07) is 6.55. The normalized spacial score (nSPS) is 12.6. The van der Waals surface area contributed by atoms with Crippen LogP contribution in [-0.2, 0) is 13.0 Å². The van der Waals surface area contributed by atoms with Crippen molar-refractivity contribution in [1.82, 2.24) is 9.55 Å². The molecule has 4 heteroatoms. The first kappa shape index (κ1) is 11.8. The van der Waals surface area contributed by atoms with Gasteiger partial charge >= 0.3 is 0 Å². The fourth-order valence-corrected chi connectivity index (χ4v) is 1.80. The zero-order valence-corrected chi connectivity index (χ0v) is 9.81. The highest BCUT2D eigenvalue weighted by Crippen LogP contribution is 2.10. The molecular formula is C13H16FN3. The van der Waals surface area contributed by atoms with Crippen LogP contribution in [0.15, 0.2) is 36.8 Å². The van der Waals surface area contributed by atoms with Crippen LogP contribution in [0.2, 0.25) is 0 Å². The second kappa shape index (κ2) is 5.10. The van der Waals surface area contributed by atoms with Crippen LogP contribution in [0.4, 0.5) is 4.39 Å². The monoisotopic (exact) mass is 233 g/mol. The summed E-state index contributed by atoms with van der Waals surface area (Å²) in [7, 11) is 0. The van der Waals surface area contributed by atoms with Crippen molar-refractivity contribution >= 4 is 0 Å². The van der Waals surface area contributed by atoms with Gasteiger partial charge < -0.3 is 10.3 Å². The van der Waals surface area contributed by atoms with E-state index in [0.717, 1.165) is 24.2 Å². The molecule has 1 atom stereocenters. The van der Waals surface area contributed by atoms with Gasteiger partial charge in [0.2, 0.25) is 0 Å². The Balaban J connectivity index is 2.02. The Morgan fingerprint density at radius 2 is 2.06 bits per heavy atom. The fourth-order valence-electron chi connectivity index (χ4n) is 1.80. The summed E-state index contributed by atoms with van der Waals surface area (Å²) in [5.41, 5.74) is 7.96. The minimum Gasteiger partial charge on any atom is -0.333 e. The molecule has 90 valence electrons. The molecule has 0 fully saturated rings. The van der Waals surface area contributed by atoms with Gasteiger partial charge in [0.15, 0.2) is 0 Å². The van der Waals surface area contributed by atoms with Gasteiger partial charge in [-0.15, -0.1) is 0 Å². The Hall–Kier alpha value is -1.68. The predicted octanol–water partition coefficient (Wildman–Crippen LogP) is 2.28. The maximum atomic E-state index is 12.7. The van der Waals surface area contributed by atoms with Gasteiger partial charge in [0.1, 0.15) is 5.82 Å². The summed E-state index contributed by atoms with van der Waals surface area (Å²) < 4.78 is 14.8. The number of aromatic nitrogens is 2. The molecule has 0 aliphatic rings. The van der Waals surface area contributed by atoms with Crippen molar-refractivity contribution in [2.24, 2.45) is 5.73 Å². The van der Waals surface area contributed by atoms with Crippen molar-refractivity contribution in [2.75, 3.05) is 0 Å². The van der Waals surface area contributed by atoms with Crippen LogP contribution in [0.25, 0.3) is 0 Å². The van der Waals surface area contributed by atoms with Gasteiger partial charge in [0, 0.05) is 18.8 Å². The fraction of sp³-hybridized carbons (Fsp3) is 0.308. The lowest BCUT2D eigenvalue weighted by atomic mass is 10.1. The quantitative estimate of drug-likeness (QED) is 0.880. The molecule has 0 saturated carbocycles. The molecule has 0 saturated heterocycles. The molecule has 2 N–H and O–H groups in total. The van der Waals surface area contributed by atoms with E-state index in [9.17, 15) is 4.39 Å². The van der Waals surface area contributed by atoms with Crippen molar-refractivity contribution in [3.05, 3.63) is 53.9 Å². The van der Waals surface area contributed by atoms with Crippen LogP contribution in [-0.4, -0.2) is 9.55 Å². The number of hydrogen-bond acceptors (Lipinski definition) is 2. The molecule has 2 aromatic rings.